The SMILES string of the molecule is CC1=Cc2cc3ccccc3cc2[CH]1[Ti+2]([CH]1C(C)=Cc2cc3ccccc3cc21)=[Si](C)C.[Cl-].[Cl-]. The molecule has 0 aliphatic heterocycles. The standard InChI is InChI=1S/2C14H11.C2H6Si.2ClH.Ti/c2*1-10-6-13-8-11-4-2-3-5-12(11)9-14(13)7-10;1-3-2;;;/h2*2-9H,1H3;1-2H3;2*1H;/q;;;;;+2/p-2. The Morgan fingerprint density at radius 2 is 0.941 bits per heavy atom. The molecule has 0 N–H and O–H groups in total. The maximum Gasteiger partial charge on any atom is -1.00 e. The van der Waals surface area contributed by atoms with Crippen LogP contribution in [0.2, 0.25) is 13.1 Å². The van der Waals surface area contributed by atoms with Gasteiger partial charge in [0.25, 0.3) is 0 Å². The fourth-order valence-corrected chi connectivity index (χ4v) is 19.9. The third-order valence-corrected chi connectivity index (χ3v) is 20.7. The van der Waals surface area contributed by atoms with E-state index in [1.54, 1.807) is 22.3 Å². The molecule has 34 heavy (non-hydrogen) atoms. The number of hydrogen-bond acceptors (Lipinski definition) is 0. The molecule has 0 aromatic heterocycles. The minimum atomic E-state index is -1.56. The normalized spacial score (nSPS) is 17.6. The summed E-state index contributed by atoms with van der Waals surface area (Å²) >= 11 is -1.56. The van der Waals surface area contributed by atoms with Gasteiger partial charge in [-0.3, -0.25) is 0 Å². The van der Waals surface area contributed by atoms with Crippen molar-refractivity contribution < 1.29 is 41.4 Å². The van der Waals surface area contributed by atoms with Crippen molar-refractivity contribution >= 4 is 39.9 Å². The van der Waals surface area contributed by atoms with Crippen LogP contribution in [0.5, 0.6) is 0 Å². The number of benzene rings is 4. The van der Waals surface area contributed by atoms with Crippen molar-refractivity contribution in [3.05, 3.63) is 106 Å². The van der Waals surface area contributed by atoms with Crippen LogP contribution in [0.1, 0.15) is 44.5 Å². The van der Waals surface area contributed by atoms with E-state index in [-0.39, 0.29) is 24.8 Å². The quantitative estimate of drug-likeness (QED) is 0.347. The summed E-state index contributed by atoms with van der Waals surface area (Å²) in [6.45, 7) is 10.0. The molecule has 2 atom stereocenters. The van der Waals surface area contributed by atoms with Crippen LogP contribution in [0.4, 0.5) is 0 Å². The van der Waals surface area contributed by atoms with E-state index < -0.39 is 22.8 Å². The van der Waals surface area contributed by atoms with E-state index in [1.807, 2.05) is 0 Å². The average molecular weight is 535 g/mol. The van der Waals surface area contributed by atoms with Gasteiger partial charge in [0.15, 0.2) is 0 Å². The zero-order valence-electron chi connectivity index (χ0n) is 20.0. The minimum absolute atomic E-state index is 0. The van der Waals surface area contributed by atoms with Gasteiger partial charge in [-0.25, -0.2) is 0 Å². The maximum absolute atomic E-state index is 2.60. The Balaban J connectivity index is 0.00000137. The Labute approximate surface area is 221 Å². The first kappa shape index (κ1) is 25.5. The van der Waals surface area contributed by atoms with Crippen molar-refractivity contribution in [3.8, 4) is 0 Å². The van der Waals surface area contributed by atoms with Crippen LogP contribution in [-0.2, 0) is 16.6 Å². The van der Waals surface area contributed by atoms with Gasteiger partial charge in [-0.15, -0.1) is 0 Å². The van der Waals surface area contributed by atoms with Gasteiger partial charge in [0, 0.05) is 0 Å². The van der Waals surface area contributed by atoms with Crippen LogP contribution in [0.3, 0.4) is 0 Å². The first-order valence-electron chi connectivity index (χ1n) is 11.6. The molecule has 0 spiro atoms. The van der Waals surface area contributed by atoms with Crippen LogP contribution >= 0.6 is 0 Å². The molecule has 0 fully saturated rings. The van der Waals surface area contributed by atoms with E-state index in [9.17, 15) is 0 Å². The van der Waals surface area contributed by atoms with E-state index in [0.717, 1.165) is 0 Å². The summed E-state index contributed by atoms with van der Waals surface area (Å²) in [7, 11) is 0. The molecule has 2 aliphatic rings. The average Bonchev–Trinajstić information content (AvgIpc) is 3.26. The molecule has 2 unspecified atom stereocenters. The first-order chi connectivity index (χ1) is 15.5. The van der Waals surface area contributed by atoms with Crippen LogP contribution in [0.25, 0.3) is 33.7 Å². The van der Waals surface area contributed by atoms with Gasteiger partial charge in [-0.1, -0.05) is 0 Å². The third-order valence-electron chi connectivity index (χ3n) is 7.40. The molecule has 0 bridgehead atoms. The van der Waals surface area contributed by atoms with E-state index in [0.29, 0.717) is 8.45 Å². The number of rotatable bonds is 2. The molecular formula is C30H28Cl2SiTi. The molecule has 0 heterocycles. The molecule has 6 rings (SSSR count). The van der Waals surface area contributed by atoms with Crippen molar-refractivity contribution in [1.82, 2.24) is 0 Å². The molecule has 0 nitrogen and oxygen atoms in total. The monoisotopic (exact) mass is 534 g/mol. The predicted octanol–water partition coefficient (Wildman–Crippen LogP) is 2.49. The van der Waals surface area contributed by atoms with Crippen molar-refractivity contribution in [2.24, 2.45) is 0 Å². The summed E-state index contributed by atoms with van der Waals surface area (Å²) in [5.74, 6) is 0. The van der Waals surface area contributed by atoms with Crippen LogP contribution in [0.15, 0.2) is 83.9 Å². The molecule has 0 saturated carbocycles. The molecule has 170 valence electrons. The summed E-state index contributed by atoms with van der Waals surface area (Å²) in [4.78, 5) is 0. The Hall–Kier alpha value is -1.61. The van der Waals surface area contributed by atoms with Gasteiger partial charge in [0.05, 0.1) is 0 Å². The second-order valence-electron chi connectivity index (χ2n) is 9.75. The number of halogens is 2. The molecular weight excluding hydrogens is 507 g/mol. The van der Waals surface area contributed by atoms with E-state index >= 15 is 0 Å². The Morgan fingerprint density at radius 1 is 0.588 bits per heavy atom. The van der Waals surface area contributed by atoms with Crippen molar-refractivity contribution in [2.45, 2.75) is 35.4 Å². The van der Waals surface area contributed by atoms with Crippen LogP contribution < -0.4 is 24.8 Å². The van der Waals surface area contributed by atoms with Crippen molar-refractivity contribution in [1.29, 1.82) is 0 Å². The molecule has 0 amide bonds. The third kappa shape index (κ3) is 4.06. The molecule has 4 aromatic rings. The largest absolute Gasteiger partial charge is 1.00 e. The zero-order valence-corrected chi connectivity index (χ0v) is 24.1. The number of hydrogen-bond donors (Lipinski definition) is 0. The summed E-state index contributed by atoms with van der Waals surface area (Å²) < 4.78 is 1.34. The van der Waals surface area contributed by atoms with Gasteiger partial charge in [-0.05, 0) is 0 Å². The van der Waals surface area contributed by atoms with Gasteiger partial charge in [0.1, 0.15) is 0 Å². The summed E-state index contributed by atoms with van der Waals surface area (Å²) in [5.41, 5.74) is 9.39. The van der Waals surface area contributed by atoms with Gasteiger partial charge < -0.3 is 24.8 Å². The molecule has 4 aromatic carbocycles. The van der Waals surface area contributed by atoms with Crippen molar-refractivity contribution in [3.63, 3.8) is 0 Å². The molecule has 0 saturated heterocycles. The second-order valence-corrected chi connectivity index (χ2v) is 22.0. The van der Waals surface area contributed by atoms with Gasteiger partial charge in [-0.2, -0.15) is 0 Å². The van der Waals surface area contributed by atoms with Gasteiger partial charge >= 0.3 is 198 Å². The number of allylic oxidation sites excluding steroid dienone is 2. The van der Waals surface area contributed by atoms with E-state index in [2.05, 4.69) is 112 Å². The fraction of sp³-hybridized carbons (Fsp3) is 0.200. The minimum Gasteiger partial charge on any atom is -1.00 e. The summed E-state index contributed by atoms with van der Waals surface area (Å²) in [5, 5.41) is 5.51. The Morgan fingerprint density at radius 3 is 1.29 bits per heavy atom. The first-order valence-corrected chi connectivity index (χ1v) is 18.2. The van der Waals surface area contributed by atoms with Gasteiger partial charge in [0.2, 0.25) is 0 Å². The fourth-order valence-electron chi connectivity index (χ4n) is 6.02. The summed E-state index contributed by atoms with van der Waals surface area (Å²) in [6, 6.07) is 27.7. The van der Waals surface area contributed by atoms with Crippen LogP contribution in [0, 0.1) is 0 Å². The molecule has 0 radical (unpaired) electrons. The smallest absolute Gasteiger partial charge is 1.00 e. The van der Waals surface area contributed by atoms with Crippen LogP contribution in [-0.4, -0.2) is 6.19 Å². The number of fused-ring (bicyclic) bond motifs is 4. The predicted molar refractivity (Wildman–Crippen MR) is 138 cm³/mol. The van der Waals surface area contributed by atoms with Crippen molar-refractivity contribution in [2.75, 3.05) is 0 Å². The Kier molecular flexibility index (Phi) is 7.35. The maximum atomic E-state index is 2.60. The summed E-state index contributed by atoms with van der Waals surface area (Å²) in [6.07, 6.45) is 4.59. The topological polar surface area (TPSA) is 0 Å². The van der Waals surface area contributed by atoms with E-state index in [4.69, 9.17) is 0 Å². The zero-order chi connectivity index (χ0) is 22.0. The van der Waals surface area contributed by atoms with E-state index in [1.165, 1.54) is 32.7 Å². The molecule has 4 heteroatoms. The Bertz CT molecular complexity index is 1420. The molecule has 2 aliphatic carbocycles. The second kappa shape index (κ2) is 9.80.